The van der Waals surface area contributed by atoms with Crippen LogP contribution >= 0.6 is 0 Å². The molecule has 0 bridgehead atoms. The molecule has 1 amide bonds. The topological polar surface area (TPSA) is 93.6 Å². The third kappa shape index (κ3) is 4.41. The number of benzene rings is 2. The van der Waals surface area contributed by atoms with Crippen molar-refractivity contribution in [3.63, 3.8) is 0 Å². The molecule has 30 heavy (non-hydrogen) atoms. The number of piperidine rings is 1. The van der Waals surface area contributed by atoms with Crippen LogP contribution in [0.3, 0.4) is 0 Å². The minimum Gasteiger partial charge on any atom is -0.494 e. The van der Waals surface area contributed by atoms with Crippen LogP contribution in [0.15, 0.2) is 40.8 Å². The van der Waals surface area contributed by atoms with Gasteiger partial charge in [0.2, 0.25) is 0 Å². The molecule has 0 aliphatic carbocycles. The molecule has 3 aromatic rings. The van der Waals surface area contributed by atoms with Crippen molar-refractivity contribution in [2.75, 3.05) is 25.0 Å². The summed E-state index contributed by atoms with van der Waals surface area (Å²) < 4.78 is 11.5. The van der Waals surface area contributed by atoms with Gasteiger partial charge in [-0.3, -0.25) is 9.69 Å². The van der Waals surface area contributed by atoms with E-state index >= 15 is 0 Å². The Bertz CT molecular complexity index is 1040. The second-order valence-corrected chi connectivity index (χ2v) is 7.76. The molecule has 1 aliphatic heterocycles. The second kappa shape index (κ2) is 8.75. The maximum atomic E-state index is 11.6. The Morgan fingerprint density at radius 1 is 1.30 bits per heavy atom. The van der Waals surface area contributed by atoms with Crippen LogP contribution in [0.4, 0.5) is 6.01 Å². The lowest BCUT2D eigenvalue weighted by Gasteiger charge is -2.32. The van der Waals surface area contributed by atoms with Crippen molar-refractivity contribution in [2.24, 2.45) is 5.73 Å². The number of hydrogen-bond acceptors (Lipinski definition) is 6. The Hall–Kier alpha value is -3.06. The SMILES string of the molecule is CCOc1cc(CN2CCC(Nc3nc4c(C(N)=O)cccc4o3)CC2)ccc1C. The van der Waals surface area contributed by atoms with Crippen LogP contribution in [-0.4, -0.2) is 41.5 Å². The van der Waals surface area contributed by atoms with Gasteiger partial charge in [-0.1, -0.05) is 18.2 Å². The fourth-order valence-corrected chi connectivity index (χ4v) is 3.93. The summed E-state index contributed by atoms with van der Waals surface area (Å²) in [7, 11) is 0. The first kappa shape index (κ1) is 20.2. The van der Waals surface area contributed by atoms with Crippen molar-refractivity contribution >= 4 is 23.0 Å². The lowest BCUT2D eigenvalue weighted by atomic mass is 10.0. The van der Waals surface area contributed by atoms with Crippen molar-refractivity contribution in [3.05, 3.63) is 53.1 Å². The summed E-state index contributed by atoms with van der Waals surface area (Å²) in [6.07, 6.45) is 1.98. The number of anilines is 1. The van der Waals surface area contributed by atoms with E-state index in [4.69, 9.17) is 14.9 Å². The van der Waals surface area contributed by atoms with Crippen molar-refractivity contribution in [2.45, 2.75) is 39.3 Å². The van der Waals surface area contributed by atoms with Crippen LogP contribution in [0.5, 0.6) is 5.75 Å². The number of nitrogens with one attached hydrogen (secondary N) is 1. The van der Waals surface area contributed by atoms with E-state index in [9.17, 15) is 4.79 Å². The van der Waals surface area contributed by atoms with Gasteiger partial charge in [0.05, 0.1) is 12.2 Å². The molecule has 0 spiro atoms. The minimum atomic E-state index is -0.502. The highest BCUT2D eigenvalue weighted by Crippen LogP contribution is 2.25. The number of fused-ring (bicyclic) bond motifs is 1. The molecule has 4 rings (SSSR count). The summed E-state index contributed by atoms with van der Waals surface area (Å²) in [4.78, 5) is 18.5. The standard InChI is InChI=1S/C23H28N4O3/c1-3-29-20-13-16(8-7-15(20)2)14-27-11-9-17(10-12-27)25-23-26-21-18(22(24)28)5-4-6-19(21)30-23/h4-8,13,17H,3,9-12,14H2,1-2H3,(H2,24,28)(H,25,26). The number of carbonyl (C=O) groups is 1. The number of aryl methyl sites for hydroxylation is 1. The molecule has 1 aliphatic rings. The summed E-state index contributed by atoms with van der Waals surface area (Å²) in [6, 6.07) is 12.4. The number of likely N-dealkylation sites (tertiary alicyclic amines) is 1. The van der Waals surface area contributed by atoms with Crippen molar-refractivity contribution in [1.82, 2.24) is 9.88 Å². The predicted octanol–water partition coefficient (Wildman–Crippen LogP) is 3.71. The van der Waals surface area contributed by atoms with Gasteiger partial charge in [-0.15, -0.1) is 0 Å². The van der Waals surface area contributed by atoms with E-state index in [1.807, 2.05) is 6.92 Å². The van der Waals surface area contributed by atoms with E-state index in [1.165, 1.54) is 11.1 Å². The number of hydrogen-bond donors (Lipinski definition) is 2. The van der Waals surface area contributed by atoms with Gasteiger partial charge in [0.15, 0.2) is 5.58 Å². The Labute approximate surface area is 176 Å². The number of nitrogens with two attached hydrogens (primary N) is 1. The molecular formula is C23H28N4O3. The van der Waals surface area contributed by atoms with Gasteiger partial charge in [0.1, 0.15) is 11.3 Å². The summed E-state index contributed by atoms with van der Waals surface area (Å²) in [5.74, 6) is 0.468. The van der Waals surface area contributed by atoms with E-state index in [-0.39, 0.29) is 6.04 Å². The molecule has 158 valence electrons. The number of primary amides is 1. The number of ether oxygens (including phenoxy) is 1. The van der Waals surface area contributed by atoms with Crippen molar-refractivity contribution in [1.29, 1.82) is 0 Å². The Balaban J connectivity index is 1.35. The van der Waals surface area contributed by atoms with Crippen molar-refractivity contribution < 1.29 is 13.9 Å². The average molecular weight is 409 g/mol. The average Bonchev–Trinajstić information content (AvgIpc) is 3.14. The third-order valence-electron chi connectivity index (χ3n) is 5.56. The molecule has 2 aromatic carbocycles. The molecule has 1 fully saturated rings. The smallest absolute Gasteiger partial charge is 0.295 e. The number of para-hydroxylation sites is 1. The molecule has 0 atom stereocenters. The Morgan fingerprint density at radius 3 is 2.83 bits per heavy atom. The first-order valence-corrected chi connectivity index (χ1v) is 10.4. The quantitative estimate of drug-likeness (QED) is 0.619. The van der Waals surface area contributed by atoms with Crippen LogP contribution in [0, 0.1) is 6.92 Å². The molecule has 3 N–H and O–H groups in total. The van der Waals surface area contributed by atoms with E-state index in [0.717, 1.165) is 38.2 Å². The molecule has 0 radical (unpaired) electrons. The van der Waals surface area contributed by atoms with Gasteiger partial charge in [-0.2, -0.15) is 4.98 Å². The maximum absolute atomic E-state index is 11.6. The molecule has 0 saturated carbocycles. The highest BCUT2D eigenvalue weighted by atomic mass is 16.5. The fraction of sp³-hybridized carbons (Fsp3) is 0.391. The largest absolute Gasteiger partial charge is 0.494 e. The highest BCUT2D eigenvalue weighted by Gasteiger charge is 2.22. The van der Waals surface area contributed by atoms with E-state index in [0.29, 0.717) is 29.3 Å². The van der Waals surface area contributed by atoms with Crippen LogP contribution in [-0.2, 0) is 6.54 Å². The normalized spacial score (nSPS) is 15.4. The summed E-state index contributed by atoms with van der Waals surface area (Å²) in [5.41, 5.74) is 9.32. The second-order valence-electron chi connectivity index (χ2n) is 7.76. The zero-order chi connectivity index (χ0) is 21.1. The highest BCUT2D eigenvalue weighted by molar-refractivity contribution is 6.03. The fourth-order valence-electron chi connectivity index (χ4n) is 3.93. The lowest BCUT2D eigenvalue weighted by Crippen LogP contribution is -2.38. The monoisotopic (exact) mass is 408 g/mol. The number of aromatic nitrogens is 1. The Kier molecular flexibility index (Phi) is 5.90. The first-order valence-electron chi connectivity index (χ1n) is 10.4. The maximum Gasteiger partial charge on any atom is 0.295 e. The summed E-state index contributed by atoms with van der Waals surface area (Å²) in [6.45, 7) is 7.65. The van der Waals surface area contributed by atoms with Crippen LogP contribution < -0.4 is 15.8 Å². The zero-order valence-corrected chi connectivity index (χ0v) is 17.5. The van der Waals surface area contributed by atoms with Crippen LogP contribution in [0.25, 0.3) is 11.1 Å². The van der Waals surface area contributed by atoms with Gasteiger partial charge >= 0.3 is 0 Å². The van der Waals surface area contributed by atoms with E-state index in [2.05, 4.69) is 40.3 Å². The van der Waals surface area contributed by atoms with Crippen LogP contribution in [0.2, 0.25) is 0 Å². The summed E-state index contributed by atoms with van der Waals surface area (Å²) >= 11 is 0. The van der Waals surface area contributed by atoms with Crippen LogP contribution in [0.1, 0.15) is 41.3 Å². The molecule has 2 heterocycles. The zero-order valence-electron chi connectivity index (χ0n) is 17.5. The minimum absolute atomic E-state index is 0.281. The van der Waals surface area contributed by atoms with Gasteiger partial charge < -0.3 is 20.2 Å². The number of amides is 1. The van der Waals surface area contributed by atoms with Gasteiger partial charge in [0.25, 0.3) is 11.9 Å². The summed E-state index contributed by atoms with van der Waals surface area (Å²) in [5, 5.41) is 3.38. The Morgan fingerprint density at radius 2 is 2.10 bits per heavy atom. The molecule has 7 nitrogen and oxygen atoms in total. The molecule has 1 aromatic heterocycles. The van der Waals surface area contributed by atoms with Gasteiger partial charge in [-0.25, -0.2) is 0 Å². The first-order chi connectivity index (χ1) is 14.5. The van der Waals surface area contributed by atoms with Gasteiger partial charge in [0, 0.05) is 25.7 Å². The molecule has 1 saturated heterocycles. The van der Waals surface area contributed by atoms with E-state index in [1.54, 1.807) is 18.2 Å². The van der Waals surface area contributed by atoms with Crippen molar-refractivity contribution in [3.8, 4) is 5.75 Å². The number of carbonyl (C=O) groups excluding carboxylic acids is 1. The predicted molar refractivity (Wildman–Crippen MR) is 117 cm³/mol. The molecule has 0 unspecified atom stereocenters. The lowest BCUT2D eigenvalue weighted by molar-refractivity contribution is 0.100. The number of nitrogens with zero attached hydrogens (tertiary/aromatic N) is 2. The molecular weight excluding hydrogens is 380 g/mol. The number of oxazole rings is 1. The van der Waals surface area contributed by atoms with Gasteiger partial charge in [-0.05, 0) is 56.0 Å². The number of rotatable bonds is 7. The van der Waals surface area contributed by atoms with E-state index < -0.39 is 5.91 Å². The third-order valence-corrected chi connectivity index (χ3v) is 5.56. The molecule has 7 heteroatoms.